The van der Waals surface area contributed by atoms with E-state index in [1.54, 1.807) is 37.4 Å². The minimum Gasteiger partial charge on any atom is -0.496 e. The highest BCUT2D eigenvalue weighted by atomic mass is 16.5. The van der Waals surface area contributed by atoms with Crippen molar-refractivity contribution in [2.75, 3.05) is 14.2 Å². The maximum Gasteiger partial charge on any atom is 0.337 e. The molecule has 0 aliphatic rings. The Morgan fingerprint density at radius 2 is 1.79 bits per heavy atom. The van der Waals surface area contributed by atoms with Crippen LogP contribution in [0.15, 0.2) is 65.5 Å². The van der Waals surface area contributed by atoms with E-state index >= 15 is 0 Å². The molecule has 0 spiro atoms. The van der Waals surface area contributed by atoms with Crippen LogP contribution in [-0.4, -0.2) is 34.8 Å². The van der Waals surface area contributed by atoms with Gasteiger partial charge in [0.2, 0.25) is 0 Å². The molecule has 0 aliphatic heterocycles. The Hall–Kier alpha value is -3.87. The topological polar surface area (TPSA) is 85.7 Å². The van der Waals surface area contributed by atoms with Crippen molar-refractivity contribution in [2.24, 2.45) is 0 Å². The van der Waals surface area contributed by atoms with Gasteiger partial charge in [0.15, 0.2) is 0 Å². The first-order chi connectivity index (χ1) is 13.6. The third-order valence-electron chi connectivity index (χ3n) is 4.45. The summed E-state index contributed by atoms with van der Waals surface area (Å²) in [5.41, 5.74) is 3.56. The van der Waals surface area contributed by atoms with E-state index in [0.29, 0.717) is 28.3 Å². The molecular weight excluding hydrogens is 358 g/mol. The zero-order valence-electron chi connectivity index (χ0n) is 15.3. The minimum atomic E-state index is -0.410. The Kier molecular flexibility index (Phi) is 4.41. The van der Waals surface area contributed by atoms with Crippen LogP contribution < -0.4 is 10.3 Å². The summed E-state index contributed by atoms with van der Waals surface area (Å²) in [6.45, 7) is 0. The molecule has 2 aromatic carbocycles. The molecule has 2 heterocycles. The van der Waals surface area contributed by atoms with Crippen LogP contribution in [0, 0.1) is 0 Å². The summed E-state index contributed by atoms with van der Waals surface area (Å²) in [6.07, 6.45) is 0. The van der Waals surface area contributed by atoms with Gasteiger partial charge in [-0.3, -0.25) is 4.79 Å². The fourth-order valence-electron chi connectivity index (χ4n) is 3.04. The molecule has 0 bridgehead atoms. The lowest BCUT2D eigenvalue weighted by Crippen LogP contribution is -2.14. The van der Waals surface area contributed by atoms with E-state index in [1.165, 1.54) is 17.7 Å². The molecule has 0 aliphatic carbocycles. The van der Waals surface area contributed by atoms with Crippen LogP contribution in [0.3, 0.4) is 0 Å². The number of H-pyrrole nitrogens is 1. The number of carbonyl (C=O) groups excluding carboxylic acids is 1. The van der Waals surface area contributed by atoms with Gasteiger partial charge in [-0.1, -0.05) is 24.3 Å². The summed E-state index contributed by atoms with van der Waals surface area (Å²) in [5, 5.41) is 4.41. The predicted octanol–water partition coefficient (Wildman–Crippen LogP) is 3.15. The van der Waals surface area contributed by atoms with Gasteiger partial charge in [-0.15, -0.1) is 0 Å². The number of rotatable bonds is 4. The molecular formula is C21H17N3O4. The average Bonchev–Trinajstić information content (AvgIpc) is 3.18. The number of carbonyl (C=O) groups is 1. The Balaban J connectivity index is 1.79. The molecule has 1 N–H and O–H groups in total. The Labute approximate surface area is 160 Å². The standard InChI is InChI=1S/C21H17N3O4/c1-27-18-6-4-3-5-15(18)17-11-19-22-16(12-20(25)24(19)23-17)13-7-9-14(10-8-13)21(26)28-2/h3-12,22H,1-2H3. The molecule has 0 unspecified atom stereocenters. The molecule has 7 nitrogen and oxygen atoms in total. The van der Waals surface area contributed by atoms with Gasteiger partial charge in [0.05, 0.1) is 31.2 Å². The van der Waals surface area contributed by atoms with Gasteiger partial charge < -0.3 is 14.5 Å². The third kappa shape index (κ3) is 3.03. The second kappa shape index (κ2) is 7.03. The van der Waals surface area contributed by atoms with Gasteiger partial charge in [0.25, 0.3) is 5.56 Å². The molecule has 0 saturated carbocycles. The van der Waals surface area contributed by atoms with E-state index in [1.807, 2.05) is 24.3 Å². The van der Waals surface area contributed by atoms with Crippen molar-refractivity contribution in [2.45, 2.75) is 0 Å². The highest BCUT2D eigenvalue weighted by Crippen LogP contribution is 2.29. The largest absolute Gasteiger partial charge is 0.496 e. The number of aromatic nitrogens is 3. The molecule has 2 aromatic heterocycles. The molecule has 0 amide bonds. The summed E-state index contributed by atoms with van der Waals surface area (Å²) in [4.78, 5) is 27.4. The summed E-state index contributed by atoms with van der Waals surface area (Å²) < 4.78 is 11.4. The molecule has 0 saturated heterocycles. The van der Waals surface area contributed by atoms with Crippen molar-refractivity contribution in [3.05, 3.63) is 76.6 Å². The number of hydrogen-bond acceptors (Lipinski definition) is 5. The number of methoxy groups -OCH3 is 2. The van der Waals surface area contributed by atoms with Crippen LogP contribution in [0.25, 0.3) is 28.2 Å². The molecule has 7 heteroatoms. The number of ether oxygens (including phenoxy) is 2. The van der Waals surface area contributed by atoms with E-state index in [9.17, 15) is 9.59 Å². The lowest BCUT2D eigenvalue weighted by molar-refractivity contribution is 0.0601. The predicted molar refractivity (Wildman–Crippen MR) is 105 cm³/mol. The number of para-hydroxylation sites is 1. The van der Waals surface area contributed by atoms with Crippen LogP contribution in [0.4, 0.5) is 0 Å². The second-order valence-electron chi connectivity index (χ2n) is 6.12. The monoisotopic (exact) mass is 375 g/mol. The normalized spacial score (nSPS) is 10.8. The van der Waals surface area contributed by atoms with E-state index in [0.717, 1.165) is 11.1 Å². The zero-order chi connectivity index (χ0) is 19.7. The highest BCUT2D eigenvalue weighted by Gasteiger charge is 2.13. The fourth-order valence-corrected chi connectivity index (χ4v) is 3.04. The van der Waals surface area contributed by atoms with Crippen LogP contribution in [0.5, 0.6) is 5.75 Å². The van der Waals surface area contributed by atoms with Gasteiger partial charge in [-0.2, -0.15) is 9.61 Å². The van der Waals surface area contributed by atoms with Gasteiger partial charge in [-0.05, 0) is 29.8 Å². The van der Waals surface area contributed by atoms with E-state index in [4.69, 9.17) is 9.47 Å². The second-order valence-corrected chi connectivity index (χ2v) is 6.12. The smallest absolute Gasteiger partial charge is 0.337 e. The first-order valence-electron chi connectivity index (χ1n) is 8.56. The molecule has 140 valence electrons. The van der Waals surface area contributed by atoms with Crippen LogP contribution in [0.1, 0.15) is 10.4 Å². The van der Waals surface area contributed by atoms with Gasteiger partial charge in [-0.25, -0.2) is 4.79 Å². The average molecular weight is 375 g/mol. The lowest BCUT2D eigenvalue weighted by Gasteiger charge is -2.04. The first kappa shape index (κ1) is 17.5. The van der Waals surface area contributed by atoms with E-state index in [-0.39, 0.29) is 5.56 Å². The summed E-state index contributed by atoms with van der Waals surface area (Å²) in [5.74, 6) is 0.268. The highest BCUT2D eigenvalue weighted by molar-refractivity contribution is 5.89. The minimum absolute atomic E-state index is 0.262. The first-order valence-corrected chi connectivity index (χ1v) is 8.56. The number of nitrogens with one attached hydrogen (secondary N) is 1. The number of benzene rings is 2. The van der Waals surface area contributed by atoms with Gasteiger partial charge in [0, 0.05) is 17.7 Å². The van der Waals surface area contributed by atoms with Crippen LogP contribution in [0.2, 0.25) is 0 Å². The maximum atomic E-state index is 12.6. The number of esters is 1. The Morgan fingerprint density at radius 3 is 2.50 bits per heavy atom. The molecule has 0 atom stereocenters. The fraction of sp³-hybridized carbons (Fsp3) is 0.0952. The summed E-state index contributed by atoms with van der Waals surface area (Å²) in [7, 11) is 2.93. The number of fused-ring (bicyclic) bond motifs is 1. The number of nitrogens with zero attached hydrogens (tertiary/aromatic N) is 2. The van der Waals surface area contributed by atoms with Crippen LogP contribution >= 0.6 is 0 Å². The summed E-state index contributed by atoms with van der Waals surface area (Å²) in [6, 6.07) is 17.6. The molecule has 28 heavy (non-hydrogen) atoms. The molecule has 4 rings (SSSR count). The van der Waals surface area contributed by atoms with Gasteiger partial charge >= 0.3 is 5.97 Å². The van der Waals surface area contributed by atoms with E-state index < -0.39 is 5.97 Å². The summed E-state index contributed by atoms with van der Waals surface area (Å²) >= 11 is 0. The van der Waals surface area contributed by atoms with Crippen molar-refractivity contribution in [3.8, 4) is 28.3 Å². The Morgan fingerprint density at radius 1 is 1.04 bits per heavy atom. The number of aromatic amines is 1. The lowest BCUT2D eigenvalue weighted by atomic mass is 10.1. The van der Waals surface area contributed by atoms with Crippen molar-refractivity contribution < 1.29 is 14.3 Å². The van der Waals surface area contributed by atoms with Crippen molar-refractivity contribution in [3.63, 3.8) is 0 Å². The van der Waals surface area contributed by atoms with Crippen molar-refractivity contribution in [1.29, 1.82) is 0 Å². The quantitative estimate of drug-likeness (QED) is 0.554. The molecule has 4 aromatic rings. The van der Waals surface area contributed by atoms with Crippen molar-refractivity contribution >= 4 is 11.6 Å². The maximum absolute atomic E-state index is 12.6. The van der Waals surface area contributed by atoms with Gasteiger partial charge in [0.1, 0.15) is 11.4 Å². The van der Waals surface area contributed by atoms with Crippen LogP contribution in [-0.2, 0) is 4.74 Å². The molecule has 0 fully saturated rings. The third-order valence-corrected chi connectivity index (χ3v) is 4.45. The van der Waals surface area contributed by atoms with Crippen molar-refractivity contribution in [1.82, 2.24) is 14.6 Å². The van der Waals surface area contributed by atoms with E-state index in [2.05, 4.69) is 10.1 Å². The number of hydrogen-bond donors (Lipinski definition) is 1. The SMILES string of the molecule is COC(=O)c1ccc(-c2cc(=O)n3nc(-c4ccccc4OC)cc3[nH]2)cc1. The zero-order valence-corrected chi connectivity index (χ0v) is 15.3. The molecule has 0 radical (unpaired) electrons. The Bertz CT molecular complexity index is 1220.